The molecule has 0 aliphatic heterocycles. The molecule has 0 aromatic carbocycles. The summed E-state index contributed by atoms with van der Waals surface area (Å²) >= 11 is 0. The first kappa shape index (κ1) is 11.3. The smallest absolute Gasteiger partial charge is 0.274 e. The van der Waals surface area contributed by atoms with Crippen LogP contribution >= 0.6 is 0 Å². The van der Waals surface area contributed by atoms with Gasteiger partial charge in [-0.25, -0.2) is 0 Å². The Bertz CT molecular complexity index is 735. The van der Waals surface area contributed by atoms with Crippen LogP contribution < -0.4 is 5.32 Å². The van der Waals surface area contributed by atoms with E-state index in [2.05, 4.69) is 20.5 Å². The Morgan fingerprint density at radius 2 is 2.11 bits per heavy atom. The average Bonchev–Trinajstić information content (AvgIpc) is 2.83. The molecule has 1 amide bonds. The lowest BCUT2D eigenvalue weighted by Gasteiger charge is -2.05. The van der Waals surface area contributed by atoms with Crippen molar-refractivity contribution in [1.29, 1.82) is 0 Å². The molecule has 0 atom stereocenters. The number of anilines is 1. The summed E-state index contributed by atoms with van der Waals surface area (Å²) in [6.45, 7) is 1.85. The van der Waals surface area contributed by atoms with Crippen LogP contribution in [0.2, 0.25) is 0 Å². The van der Waals surface area contributed by atoms with Crippen LogP contribution in [0.4, 0.5) is 5.69 Å². The molecule has 0 saturated carbocycles. The third-order valence-electron chi connectivity index (χ3n) is 2.75. The summed E-state index contributed by atoms with van der Waals surface area (Å²) in [6.07, 6.45) is 3.43. The van der Waals surface area contributed by atoms with Gasteiger partial charge >= 0.3 is 0 Å². The van der Waals surface area contributed by atoms with Gasteiger partial charge < -0.3 is 5.32 Å². The third-order valence-corrected chi connectivity index (χ3v) is 2.75. The van der Waals surface area contributed by atoms with Crippen molar-refractivity contribution in [3.05, 3.63) is 54.2 Å². The van der Waals surface area contributed by atoms with Gasteiger partial charge in [0.1, 0.15) is 11.5 Å². The lowest BCUT2D eigenvalue weighted by molar-refractivity contribution is 0.102. The summed E-state index contributed by atoms with van der Waals surface area (Å²) in [5.74, 6) is 0.498. The third kappa shape index (κ3) is 2.03. The van der Waals surface area contributed by atoms with Crippen molar-refractivity contribution >= 4 is 17.2 Å². The molecule has 0 fully saturated rings. The zero-order valence-corrected chi connectivity index (χ0v) is 10.2. The van der Waals surface area contributed by atoms with Crippen molar-refractivity contribution in [2.45, 2.75) is 6.92 Å². The SMILES string of the molecule is Cc1nnc2c(NC(=O)c3ccccn3)cccn12. The Morgan fingerprint density at radius 1 is 1.21 bits per heavy atom. The lowest BCUT2D eigenvalue weighted by atomic mass is 10.3. The van der Waals surface area contributed by atoms with E-state index in [0.717, 1.165) is 5.82 Å². The Labute approximate surface area is 109 Å². The van der Waals surface area contributed by atoms with Gasteiger partial charge in [-0.2, -0.15) is 0 Å². The molecular weight excluding hydrogens is 242 g/mol. The monoisotopic (exact) mass is 253 g/mol. The zero-order chi connectivity index (χ0) is 13.2. The summed E-state index contributed by atoms with van der Waals surface area (Å²) in [7, 11) is 0. The molecular formula is C13H11N5O. The van der Waals surface area contributed by atoms with Crippen molar-refractivity contribution in [3.8, 4) is 0 Å². The predicted octanol–water partition coefficient (Wildman–Crippen LogP) is 1.69. The number of carbonyl (C=O) groups is 1. The van der Waals surface area contributed by atoms with E-state index in [4.69, 9.17) is 0 Å². The number of aryl methyl sites for hydroxylation is 1. The number of hydrogen-bond donors (Lipinski definition) is 1. The van der Waals surface area contributed by atoms with Gasteiger partial charge in [0, 0.05) is 12.4 Å². The maximum atomic E-state index is 12.0. The minimum atomic E-state index is -0.269. The maximum absolute atomic E-state index is 12.0. The summed E-state index contributed by atoms with van der Waals surface area (Å²) in [5, 5.41) is 10.8. The van der Waals surface area contributed by atoms with Crippen LogP contribution in [0.15, 0.2) is 42.7 Å². The predicted molar refractivity (Wildman–Crippen MR) is 69.9 cm³/mol. The molecule has 19 heavy (non-hydrogen) atoms. The van der Waals surface area contributed by atoms with Gasteiger partial charge in [-0.05, 0) is 31.2 Å². The fourth-order valence-electron chi connectivity index (χ4n) is 1.81. The molecule has 0 aliphatic carbocycles. The van der Waals surface area contributed by atoms with Crippen LogP contribution in [0.25, 0.3) is 5.65 Å². The summed E-state index contributed by atoms with van der Waals surface area (Å²) in [4.78, 5) is 16.0. The van der Waals surface area contributed by atoms with Crippen LogP contribution in [0.3, 0.4) is 0 Å². The van der Waals surface area contributed by atoms with E-state index in [-0.39, 0.29) is 5.91 Å². The topological polar surface area (TPSA) is 72.2 Å². The van der Waals surface area contributed by atoms with Crippen LogP contribution in [-0.2, 0) is 0 Å². The Hall–Kier alpha value is -2.76. The van der Waals surface area contributed by atoms with E-state index < -0.39 is 0 Å². The molecule has 0 spiro atoms. The van der Waals surface area contributed by atoms with E-state index in [9.17, 15) is 4.79 Å². The highest BCUT2D eigenvalue weighted by Gasteiger charge is 2.11. The molecule has 3 aromatic heterocycles. The van der Waals surface area contributed by atoms with Gasteiger partial charge in [0.05, 0.1) is 5.69 Å². The second-order valence-corrected chi connectivity index (χ2v) is 4.03. The molecule has 3 aromatic rings. The highest BCUT2D eigenvalue weighted by molar-refractivity contribution is 6.04. The quantitative estimate of drug-likeness (QED) is 0.754. The highest BCUT2D eigenvalue weighted by atomic mass is 16.1. The van der Waals surface area contributed by atoms with Crippen molar-refractivity contribution in [1.82, 2.24) is 19.6 Å². The molecule has 94 valence electrons. The number of nitrogens with one attached hydrogen (secondary N) is 1. The Balaban J connectivity index is 1.96. The van der Waals surface area contributed by atoms with Gasteiger partial charge in [0.15, 0.2) is 5.65 Å². The first-order valence-corrected chi connectivity index (χ1v) is 5.78. The van der Waals surface area contributed by atoms with Gasteiger partial charge in [-0.3, -0.25) is 14.2 Å². The van der Waals surface area contributed by atoms with Gasteiger partial charge in [-0.15, -0.1) is 10.2 Å². The number of pyridine rings is 2. The second-order valence-electron chi connectivity index (χ2n) is 4.03. The minimum Gasteiger partial charge on any atom is -0.317 e. The van der Waals surface area contributed by atoms with Crippen molar-refractivity contribution in [2.75, 3.05) is 5.32 Å². The highest BCUT2D eigenvalue weighted by Crippen LogP contribution is 2.15. The van der Waals surface area contributed by atoms with Crippen molar-refractivity contribution < 1.29 is 4.79 Å². The first-order valence-electron chi connectivity index (χ1n) is 5.78. The number of nitrogens with zero attached hydrogens (tertiary/aromatic N) is 4. The number of hydrogen-bond acceptors (Lipinski definition) is 4. The molecule has 3 heterocycles. The molecule has 0 aliphatic rings. The summed E-state index contributed by atoms with van der Waals surface area (Å²) < 4.78 is 1.81. The van der Waals surface area contributed by atoms with E-state index >= 15 is 0 Å². The Morgan fingerprint density at radius 3 is 2.89 bits per heavy atom. The van der Waals surface area contributed by atoms with E-state index in [1.165, 1.54) is 0 Å². The normalized spacial score (nSPS) is 10.6. The van der Waals surface area contributed by atoms with E-state index in [0.29, 0.717) is 17.0 Å². The first-order chi connectivity index (χ1) is 9.25. The molecule has 0 bridgehead atoms. The number of carbonyl (C=O) groups excluding carboxylic acids is 1. The molecule has 1 N–H and O–H groups in total. The van der Waals surface area contributed by atoms with Crippen molar-refractivity contribution in [2.24, 2.45) is 0 Å². The van der Waals surface area contributed by atoms with Crippen LogP contribution in [0, 0.1) is 6.92 Å². The molecule has 6 heteroatoms. The van der Waals surface area contributed by atoms with Crippen LogP contribution in [-0.4, -0.2) is 25.5 Å². The Kier molecular flexibility index (Phi) is 2.68. The molecule has 0 saturated heterocycles. The number of fused-ring (bicyclic) bond motifs is 1. The number of rotatable bonds is 2. The summed E-state index contributed by atoms with van der Waals surface area (Å²) in [5.41, 5.74) is 1.59. The van der Waals surface area contributed by atoms with Crippen LogP contribution in [0.1, 0.15) is 16.3 Å². The fraction of sp³-hybridized carbons (Fsp3) is 0.0769. The maximum Gasteiger partial charge on any atom is 0.274 e. The lowest BCUT2D eigenvalue weighted by Crippen LogP contribution is -2.14. The number of amides is 1. The van der Waals surface area contributed by atoms with Gasteiger partial charge in [-0.1, -0.05) is 6.07 Å². The standard InChI is InChI=1S/C13H11N5O/c1-9-16-17-12-10(6-4-8-18(9)12)15-13(19)11-5-2-3-7-14-11/h2-8H,1H3,(H,15,19). The summed E-state index contributed by atoms with van der Waals surface area (Å²) in [6, 6.07) is 8.80. The average molecular weight is 253 g/mol. The van der Waals surface area contributed by atoms with Gasteiger partial charge in [0.2, 0.25) is 0 Å². The zero-order valence-electron chi connectivity index (χ0n) is 10.2. The second kappa shape index (κ2) is 4.49. The minimum absolute atomic E-state index is 0.269. The molecule has 0 radical (unpaired) electrons. The number of aromatic nitrogens is 4. The molecule has 3 rings (SSSR count). The van der Waals surface area contributed by atoms with E-state index in [1.54, 1.807) is 30.5 Å². The fourth-order valence-corrected chi connectivity index (χ4v) is 1.81. The van der Waals surface area contributed by atoms with Gasteiger partial charge in [0.25, 0.3) is 5.91 Å². The van der Waals surface area contributed by atoms with Crippen LogP contribution in [0.5, 0.6) is 0 Å². The van der Waals surface area contributed by atoms with E-state index in [1.807, 2.05) is 23.6 Å². The molecule has 0 unspecified atom stereocenters. The molecule has 6 nitrogen and oxygen atoms in total. The van der Waals surface area contributed by atoms with Crippen molar-refractivity contribution in [3.63, 3.8) is 0 Å². The largest absolute Gasteiger partial charge is 0.317 e.